The lowest BCUT2D eigenvalue weighted by Gasteiger charge is -2.12. The Kier molecular flexibility index (Phi) is 5.54. The molecule has 0 aliphatic heterocycles. The number of methoxy groups -OCH3 is 1. The van der Waals surface area contributed by atoms with Gasteiger partial charge in [0.1, 0.15) is 0 Å². The fraction of sp³-hybridized carbons (Fsp3) is 0.500. The molecule has 1 rings (SSSR count). The van der Waals surface area contributed by atoms with E-state index in [2.05, 4.69) is 5.32 Å². The zero-order chi connectivity index (χ0) is 13.5. The minimum Gasteiger partial charge on any atom is -0.490 e. The minimum atomic E-state index is -0.459. The maximum Gasteiger partial charge on any atom is 0.311 e. The first-order chi connectivity index (χ1) is 8.58. The molecular weight excluding hydrogens is 236 g/mol. The Balaban J connectivity index is 2.73. The highest BCUT2D eigenvalue weighted by Gasteiger charge is 2.15. The first kappa shape index (κ1) is 14.4. The summed E-state index contributed by atoms with van der Waals surface area (Å²) >= 11 is 0. The molecule has 18 heavy (non-hydrogen) atoms. The standard InChI is InChI=1S/C12H18N2O4/c1-9(7-13-2)18-8-10-4-5-12(17-3)11(6-10)14(15)16/h4-6,9,13H,7-8H2,1-3H3. The van der Waals surface area contributed by atoms with Gasteiger partial charge in [-0.3, -0.25) is 10.1 Å². The third-order valence-corrected chi connectivity index (χ3v) is 2.47. The van der Waals surface area contributed by atoms with E-state index in [9.17, 15) is 10.1 Å². The number of nitro groups is 1. The molecule has 1 N–H and O–H groups in total. The van der Waals surface area contributed by atoms with Gasteiger partial charge < -0.3 is 14.8 Å². The van der Waals surface area contributed by atoms with E-state index in [-0.39, 0.29) is 17.5 Å². The summed E-state index contributed by atoms with van der Waals surface area (Å²) in [5, 5.41) is 13.8. The number of nitrogens with one attached hydrogen (secondary N) is 1. The molecule has 0 fully saturated rings. The van der Waals surface area contributed by atoms with Crippen LogP contribution >= 0.6 is 0 Å². The maximum atomic E-state index is 10.8. The van der Waals surface area contributed by atoms with Gasteiger partial charge in [-0.25, -0.2) is 0 Å². The third-order valence-electron chi connectivity index (χ3n) is 2.47. The van der Waals surface area contributed by atoms with E-state index >= 15 is 0 Å². The fourth-order valence-electron chi connectivity index (χ4n) is 1.55. The van der Waals surface area contributed by atoms with E-state index in [1.807, 2.05) is 14.0 Å². The zero-order valence-corrected chi connectivity index (χ0v) is 10.8. The predicted octanol–water partition coefficient (Wildman–Crippen LogP) is 1.73. The van der Waals surface area contributed by atoms with Gasteiger partial charge in [-0.05, 0) is 25.6 Å². The molecule has 0 aromatic heterocycles. The molecule has 6 nitrogen and oxygen atoms in total. The minimum absolute atomic E-state index is 0.0418. The van der Waals surface area contributed by atoms with Gasteiger partial charge in [0.15, 0.2) is 5.75 Å². The summed E-state index contributed by atoms with van der Waals surface area (Å²) in [5.74, 6) is 0.257. The molecule has 100 valence electrons. The molecule has 1 atom stereocenters. The monoisotopic (exact) mass is 254 g/mol. The number of nitrogens with zero attached hydrogens (tertiary/aromatic N) is 1. The van der Waals surface area contributed by atoms with Crippen molar-refractivity contribution < 1.29 is 14.4 Å². The molecule has 1 unspecified atom stereocenters. The number of hydrogen-bond donors (Lipinski definition) is 1. The van der Waals surface area contributed by atoms with Crippen LogP contribution in [0, 0.1) is 10.1 Å². The largest absolute Gasteiger partial charge is 0.490 e. The zero-order valence-electron chi connectivity index (χ0n) is 10.8. The van der Waals surface area contributed by atoms with Crippen LogP contribution in [0.1, 0.15) is 12.5 Å². The van der Waals surface area contributed by atoms with Crippen LogP contribution in [0.2, 0.25) is 0 Å². The Morgan fingerprint density at radius 1 is 1.50 bits per heavy atom. The highest BCUT2D eigenvalue weighted by Crippen LogP contribution is 2.27. The number of likely N-dealkylation sites (N-methyl/N-ethyl adjacent to an activating group) is 1. The summed E-state index contributed by atoms with van der Waals surface area (Å²) in [5.41, 5.74) is 0.713. The van der Waals surface area contributed by atoms with Crippen molar-refractivity contribution in [2.75, 3.05) is 20.7 Å². The smallest absolute Gasteiger partial charge is 0.311 e. The second-order valence-electron chi connectivity index (χ2n) is 3.94. The van der Waals surface area contributed by atoms with Crippen LogP contribution in [0.3, 0.4) is 0 Å². The molecule has 0 spiro atoms. The molecule has 0 aliphatic rings. The van der Waals surface area contributed by atoms with Crippen molar-refractivity contribution in [3.05, 3.63) is 33.9 Å². The van der Waals surface area contributed by atoms with E-state index in [1.54, 1.807) is 12.1 Å². The van der Waals surface area contributed by atoms with E-state index in [0.29, 0.717) is 6.61 Å². The van der Waals surface area contributed by atoms with Crippen LogP contribution in [0.4, 0.5) is 5.69 Å². The molecule has 0 radical (unpaired) electrons. The lowest BCUT2D eigenvalue weighted by Crippen LogP contribution is -2.23. The fourth-order valence-corrected chi connectivity index (χ4v) is 1.55. The lowest BCUT2D eigenvalue weighted by molar-refractivity contribution is -0.385. The Labute approximate surface area is 106 Å². The molecule has 1 aromatic carbocycles. The molecule has 0 amide bonds. The summed E-state index contributed by atoms with van der Waals surface area (Å²) < 4.78 is 10.5. The molecule has 0 aliphatic carbocycles. The topological polar surface area (TPSA) is 73.6 Å². The third kappa shape index (κ3) is 3.97. The Morgan fingerprint density at radius 2 is 2.22 bits per heavy atom. The van der Waals surface area contributed by atoms with Crippen molar-refractivity contribution in [3.63, 3.8) is 0 Å². The van der Waals surface area contributed by atoms with E-state index < -0.39 is 4.92 Å². The van der Waals surface area contributed by atoms with Crippen molar-refractivity contribution in [1.82, 2.24) is 5.32 Å². The van der Waals surface area contributed by atoms with Crippen molar-refractivity contribution in [1.29, 1.82) is 0 Å². The first-order valence-electron chi connectivity index (χ1n) is 5.66. The number of ether oxygens (including phenoxy) is 2. The average Bonchev–Trinajstić information content (AvgIpc) is 2.36. The van der Waals surface area contributed by atoms with Crippen LogP contribution in [-0.4, -0.2) is 31.7 Å². The van der Waals surface area contributed by atoms with Gasteiger partial charge in [0.05, 0.1) is 24.7 Å². The number of hydrogen-bond acceptors (Lipinski definition) is 5. The van der Waals surface area contributed by atoms with Crippen molar-refractivity contribution in [2.45, 2.75) is 19.6 Å². The van der Waals surface area contributed by atoms with E-state index in [1.165, 1.54) is 13.2 Å². The molecule has 0 saturated carbocycles. The van der Waals surface area contributed by atoms with E-state index in [4.69, 9.17) is 9.47 Å². The summed E-state index contributed by atoms with van der Waals surface area (Å²) in [7, 11) is 3.26. The quantitative estimate of drug-likeness (QED) is 0.592. The Morgan fingerprint density at radius 3 is 2.78 bits per heavy atom. The van der Waals surface area contributed by atoms with E-state index in [0.717, 1.165) is 12.1 Å². The van der Waals surface area contributed by atoms with Crippen molar-refractivity contribution >= 4 is 5.69 Å². The SMILES string of the molecule is CNCC(C)OCc1ccc(OC)c([N+](=O)[O-])c1. The molecule has 0 saturated heterocycles. The summed E-state index contributed by atoms with van der Waals surface area (Å²) in [6.45, 7) is 3.01. The van der Waals surface area contributed by atoms with Gasteiger partial charge in [0.2, 0.25) is 0 Å². The second-order valence-corrected chi connectivity index (χ2v) is 3.94. The molecule has 6 heteroatoms. The molecule has 0 heterocycles. The maximum absolute atomic E-state index is 10.8. The van der Waals surface area contributed by atoms with Gasteiger partial charge >= 0.3 is 5.69 Å². The van der Waals surface area contributed by atoms with Crippen LogP contribution < -0.4 is 10.1 Å². The summed E-state index contributed by atoms with van der Waals surface area (Å²) in [4.78, 5) is 10.4. The van der Waals surface area contributed by atoms with Gasteiger partial charge in [0, 0.05) is 12.6 Å². The van der Waals surface area contributed by atoms with Gasteiger partial charge in [-0.1, -0.05) is 6.07 Å². The summed E-state index contributed by atoms with van der Waals surface area (Å²) in [6.07, 6.45) is 0.0520. The van der Waals surface area contributed by atoms with Gasteiger partial charge in [-0.2, -0.15) is 0 Å². The Bertz CT molecular complexity index is 409. The highest BCUT2D eigenvalue weighted by molar-refractivity contribution is 5.48. The first-order valence-corrected chi connectivity index (χ1v) is 5.66. The van der Waals surface area contributed by atoms with Gasteiger partial charge in [0.25, 0.3) is 0 Å². The Hall–Kier alpha value is -1.66. The average molecular weight is 254 g/mol. The van der Waals surface area contributed by atoms with Gasteiger partial charge in [-0.15, -0.1) is 0 Å². The molecular formula is C12H18N2O4. The number of rotatable bonds is 7. The van der Waals surface area contributed by atoms with Crippen molar-refractivity contribution in [2.24, 2.45) is 0 Å². The van der Waals surface area contributed by atoms with Crippen LogP contribution in [0.5, 0.6) is 5.75 Å². The van der Waals surface area contributed by atoms with Crippen LogP contribution in [0.15, 0.2) is 18.2 Å². The van der Waals surface area contributed by atoms with Crippen molar-refractivity contribution in [3.8, 4) is 5.75 Å². The molecule has 1 aromatic rings. The number of nitro benzene ring substituents is 1. The lowest BCUT2D eigenvalue weighted by atomic mass is 10.2. The van der Waals surface area contributed by atoms with Crippen LogP contribution in [0.25, 0.3) is 0 Å². The highest BCUT2D eigenvalue weighted by atomic mass is 16.6. The molecule has 0 bridgehead atoms. The summed E-state index contributed by atoms with van der Waals surface area (Å²) in [6, 6.07) is 4.82. The second kappa shape index (κ2) is 6.93. The van der Waals surface area contributed by atoms with Crippen LogP contribution in [-0.2, 0) is 11.3 Å². The number of benzene rings is 1. The predicted molar refractivity (Wildman–Crippen MR) is 67.8 cm³/mol. The normalized spacial score (nSPS) is 12.2.